The Bertz CT molecular complexity index is 1090. The minimum Gasteiger partial charge on any atom is -0.497 e. The van der Waals surface area contributed by atoms with E-state index in [4.69, 9.17) is 18.9 Å². The molecule has 0 N–H and O–H groups in total. The van der Waals surface area contributed by atoms with E-state index in [2.05, 4.69) is 23.1 Å². The number of piperidine rings is 1. The first-order valence-electron chi connectivity index (χ1n) is 12.5. The second-order valence-electron chi connectivity index (χ2n) is 8.99. The summed E-state index contributed by atoms with van der Waals surface area (Å²) in [6, 6.07) is 25.7. The molecule has 2 atom stereocenters. The summed E-state index contributed by atoms with van der Waals surface area (Å²) >= 11 is 0. The summed E-state index contributed by atoms with van der Waals surface area (Å²) in [4.78, 5) is 15.4. The number of rotatable bonds is 12. The van der Waals surface area contributed by atoms with Gasteiger partial charge in [0.15, 0.2) is 5.78 Å². The summed E-state index contributed by atoms with van der Waals surface area (Å²) in [7, 11) is 3.32. The van der Waals surface area contributed by atoms with Crippen LogP contribution in [0, 0.1) is 0 Å². The molecule has 0 unspecified atom stereocenters. The number of hydrogen-bond acceptors (Lipinski definition) is 6. The van der Waals surface area contributed by atoms with Crippen LogP contribution in [-0.2, 0) is 27.5 Å². The van der Waals surface area contributed by atoms with Crippen LogP contribution in [0.3, 0.4) is 0 Å². The lowest BCUT2D eigenvalue weighted by atomic mass is 9.93. The number of carbonyl (C=O) groups is 1. The molecule has 0 bridgehead atoms. The van der Waals surface area contributed by atoms with Gasteiger partial charge in [-0.25, -0.2) is 0 Å². The molecule has 1 aliphatic heterocycles. The summed E-state index contributed by atoms with van der Waals surface area (Å²) in [5.74, 6) is 1.66. The minimum absolute atomic E-state index is 0.0589. The van der Waals surface area contributed by atoms with E-state index in [0.29, 0.717) is 19.6 Å². The molecule has 0 amide bonds. The molecule has 0 saturated carbocycles. The van der Waals surface area contributed by atoms with Crippen molar-refractivity contribution >= 4 is 11.5 Å². The Hall–Kier alpha value is -3.35. The van der Waals surface area contributed by atoms with E-state index in [9.17, 15) is 4.79 Å². The normalized spacial score (nSPS) is 17.6. The number of Topliss-reactive ketones (excluding diaryl/α,β-unsaturated/α-hetero) is 1. The van der Waals surface area contributed by atoms with Crippen molar-refractivity contribution in [3.63, 3.8) is 0 Å². The number of hydrogen-bond donors (Lipinski definition) is 0. The monoisotopic (exact) mass is 489 g/mol. The van der Waals surface area contributed by atoms with Gasteiger partial charge in [0.25, 0.3) is 0 Å². The van der Waals surface area contributed by atoms with Gasteiger partial charge in [-0.15, -0.1) is 0 Å². The summed E-state index contributed by atoms with van der Waals surface area (Å²) in [5, 5.41) is 0. The van der Waals surface area contributed by atoms with Gasteiger partial charge in [-0.05, 0) is 48.2 Å². The number of para-hydroxylation sites is 2. The highest BCUT2D eigenvalue weighted by Gasteiger charge is 2.35. The third-order valence-corrected chi connectivity index (χ3v) is 6.55. The highest BCUT2D eigenvalue weighted by Crippen LogP contribution is 2.35. The van der Waals surface area contributed by atoms with E-state index in [1.807, 2.05) is 60.7 Å². The molecule has 36 heavy (non-hydrogen) atoms. The highest BCUT2D eigenvalue weighted by atomic mass is 16.5. The molecule has 1 fully saturated rings. The van der Waals surface area contributed by atoms with E-state index in [1.165, 1.54) is 0 Å². The van der Waals surface area contributed by atoms with Gasteiger partial charge in [-0.1, -0.05) is 54.6 Å². The van der Waals surface area contributed by atoms with Crippen molar-refractivity contribution in [1.29, 1.82) is 0 Å². The van der Waals surface area contributed by atoms with Gasteiger partial charge in [-0.2, -0.15) is 0 Å². The zero-order valence-corrected chi connectivity index (χ0v) is 21.1. The maximum absolute atomic E-state index is 13.1. The number of carbonyl (C=O) groups excluding carboxylic acids is 1. The van der Waals surface area contributed by atoms with Crippen LogP contribution < -0.4 is 14.4 Å². The summed E-state index contributed by atoms with van der Waals surface area (Å²) in [6.45, 7) is 1.80. The molecular formula is C30H35NO5. The van der Waals surface area contributed by atoms with Gasteiger partial charge in [0.05, 0.1) is 45.3 Å². The first-order chi connectivity index (χ1) is 17.7. The lowest BCUT2D eigenvalue weighted by Crippen LogP contribution is -2.50. The molecule has 3 aromatic rings. The van der Waals surface area contributed by atoms with Crippen LogP contribution in [-0.4, -0.2) is 45.3 Å². The molecule has 0 aliphatic carbocycles. The SMILES string of the molecule is COc1ccc(COCC(=O)C[C@@H]2[C@H](OCc3ccccc3)CCCN2c2ccccc2OC)cc1. The van der Waals surface area contributed by atoms with Gasteiger partial charge in [0, 0.05) is 13.0 Å². The van der Waals surface area contributed by atoms with Crippen LogP contribution in [0.5, 0.6) is 11.5 Å². The minimum atomic E-state index is -0.101. The lowest BCUT2D eigenvalue weighted by Gasteiger charge is -2.42. The fraction of sp³-hybridized carbons (Fsp3) is 0.367. The van der Waals surface area contributed by atoms with Crippen molar-refractivity contribution in [3.8, 4) is 11.5 Å². The zero-order chi connectivity index (χ0) is 25.2. The maximum atomic E-state index is 13.1. The molecule has 1 saturated heterocycles. The number of anilines is 1. The first kappa shape index (κ1) is 25.7. The second kappa shape index (κ2) is 13.1. The number of ether oxygens (including phenoxy) is 4. The topological polar surface area (TPSA) is 57.2 Å². The smallest absolute Gasteiger partial charge is 0.160 e. The third kappa shape index (κ3) is 6.86. The second-order valence-corrected chi connectivity index (χ2v) is 8.99. The predicted octanol–water partition coefficient (Wildman–Crippen LogP) is 5.43. The van der Waals surface area contributed by atoms with Crippen molar-refractivity contribution in [2.24, 2.45) is 0 Å². The summed E-state index contributed by atoms with van der Waals surface area (Å²) in [5.41, 5.74) is 3.12. The molecule has 0 radical (unpaired) electrons. The zero-order valence-electron chi connectivity index (χ0n) is 21.1. The Morgan fingerprint density at radius 3 is 2.33 bits per heavy atom. The summed E-state index contributed by atoms with van der Waals surface area (Å²) in [6.07, 6.45) is 2.16. The van der Waals surface area contributed by atoms with Gasteiger partial charge >= 0.3 is 0 Å². The molecule has 190 valence electrons. The van der Waals surface area contributed by atoms with Crippen LogP contribution in [0.15, 0.2) is 78.9 Å². The predicted molar refractivity (Wildman–Crippen MR) is 141 cm³/mol. The Labute approximate surface area is 213 Å². The van der Waals surface area contributed by atoms with Crippen molar-refractivity contribution < 1.29 is 23.7 Å². The number of methoxy groups -OCH3 is 2. The number of benzene rings is 3. The Balaban J connectivity index is 1.44. The van der Waals surface area contributed by atoms with Gasteiger partial charge in [0.1, 0.15) is 18.1 Å². The quantitative estimate of drug-likeness (QED) is 0.338. The molecular weight excluding hydrogens is 454 g/mol. The highest BCUT2D eigenvalue weighted by molar-refractivity contribution is 5.81. The molecule has 3 aromatic carbocycles. The summed E-state index contributed by atoms with van der Waals surface area (Å²) < 4.78 is 23.0. The lowest BCUT2D eigenvalue weighted by molar-refractivity contribution is -0.125. The van der Waals surface area contributed by atoms with E-state index in [0.717, 1.165) is 47.7 Å². The van der Waals surface area contributed by atoms with Crippen molar-refractivity contribution in [2.75, 3.05) is 32.3 Å². The van der Waals surface area contributed by atoms with Crippen LogP contribution in [0.1, 0.15) is 30.4 Å². The maximum Gasteiger partial charge on any atom is 0.160 e. The molecule has 6 nitrogen and oxygen atoms in total. The molecule has 6 heteroatoms. The van der Waals surface area contributed by atoms with E-state index in [1.54, 1.807) is 14.2 Å². The molecule has 1 heterocycles. The molecule has 1 aliphatic rings. The third-order valence-electron chi connectivity index (χ3n) is 6.55. The molecule has 0 spiro atoms. The molecule has 0 aromatic heterocycles. The number of ketones is 1. The van der Waals surface area contributed by atoms with Gasteiger partial charge in [0.2, 0.25) is 0 Å². The Morgan fingerprint density at radius 2 is 1.58 bits per heavy atom. The average molecular weight is 490 g/mol. The standard InChI is InChI=1S/C30H35NO5/c1-33-26-16-14-24(15-17-26)20-35-22-25(32)19-28-30(36-21-23-9-4-3-5-10-23)13-8-18-31(28)27-11-6-7-12-29(27)34-2/h3-7,9-12,14-17,28,30H,8,13,18-22H2,1-2H3/t28-,30-/m1/s1. The van der Waals surface area contributed by atoms with E-state index in [-0.39, 0.29) is 24.5 Å². The van der Waals surface area contributed by atoms with E-state index < -0.39 is 0 Å². The van der Waals surface area contributed by atoms with Crippen LogP contribution in [0.25, 0.3) is 0 Å². The number of nitrogens with zero attached hydrogens (tertiary/aromatic N) is 1. The van der Waals surface area contributed by atoms with Gasteiger partial charge in [-0.3, -0.25) is 4.79 Å². The first-order valence-corrected chi connectivity index (χ1v) is 12.5. The molecule has 4 rings (SSSR count). The van der Waals surface area contributed by atoms with E-state index >= 15 is 0 Å². The van der Waals surface area contributed by atoms with Crippen molar-refractivity contribution in [1.82, 2.24) is 0 Å². The van der Waals surface area contributed by atoms with Crippen LogP contribution in [0.2, 0.25) is 0 Å². The Kier molecular flexibility index (Phi) is 9.36. The van der Waals surface area contributed by atoms with Crippen LogP contribution >= 0.6 is 0 Å². The van der Waals surface area contributed by atoms with Gasteiger partial charge < -0.3 is 23.8 Å². The van der Waals surface area contributed by atoms with Crippen molar-refractivity contribution in [2.45, 2.75) is 44.6 Å². The van der Waals surface area contributed by atoms with Crippen molar-refractivity contribution in [3.05, 3.63) is 90.0 Å². The Morgan fingerprint density at radius 1 is 0.861 bits per heavy atom. The fourth-order valence-corrected chi connectivity index (χ4v) is 4.70. The average Bonchev–Trinajstić information content (AvgIpc) is 2.93. The largest absolute Gasteiger partial charge is 0.497 e. The fourth-order valence-electron chi connectivity index (χ4n) is 4.70. The van der Waals surface area contributed by atoms with Crippen LogP contribution in [0.4, 0.5) is 5.69 Å².